The molecule has 0 spiro atoms. The molecule has 2 fully saturated rings. The molecule has 0 radical (unpaired) electrons. The Morgan fingerprint density at radius 2 is 1.85 bits per heavy atom. The predicted octanol–water partition coefficient (Wildman–Crippen LogP) is 4.48. The summed E-state index contributed by atoms with van der Waals surface area (Å²) in [7, 11) is 0. The number of aryl methyl sites for hydroxylation is 1. The summed E-state index contributed by atoms with van der Waals surface area (Å²) in [5, 5.41) is 6.69. The molecule has 8 nitrogen and oxygen atoms in total. The SMILES string of the molecule is Cc1cc(-c2cccc(Cl)c2)cnc1N1CCC(CNCc2ccc3c(c2)CN(C2CCC(=O)NC2=O)C3=O)CC1. The number of anilines is 1. The lowest BCUT2D eigenvalue weighted by Gasteiger charge is -2.34. The number of hydrogen-bond donors (Lipinski definition) is 2. The fourth-order valence-electron chi connectivity index (χ4n) is 6.23. The monoisotopic (exact) mass is 571 g/mol. The minimum Gasteiger partial charge on any atom is -0.356 e. The van der Waals surface area contributed by atoms with E-state index >= 15 is 0 Å². The van der Waals surface area contributed by atoms with Crippen molar-refractivity contribution in [3.05, 3.63) is 82.0 Å². The van der Waals surface area contributed by atoms with Crippen molar-refractivity contribution >= 4 is 35.1 Å². The lowest BCUT2D eigenvalue weighted by Crippen LogP contribution is -2.52. The second-order valence-corrected chi connectivity index (χ2v) is 11.8. The van der Waals surface area contributed by atoms with Crippen LogP contribution >= 0.6 is 11.6 Å². The van der Waals surface area contributed by atoms with Crippen LogP contribution in [0, 0.1) is 12.8 Å². The van der Waals surface area contributed by atoms with Crippen LogP contribution in [-0.4, -0.2) is 53.3 Å². The molecule has 1 aromatic heterocycles. The Bertz CT molecular complexity index is 1500. The van der Waals surface area contributed by atoms with Crippen LogP contribution in [0.25, 0.3) is 11.1 Å². The van der Waals surface area contributed by atoms with Gasteiger partial charge in [0.2, 0.25) is 11.8 Å². The number of halogens is 1. The number of carbonyl (C=O) groups is 3. The van der Waals surface area contributed by atoms with Gasteiger partial charge in [0.25, 0.3) is 5.91 Å². The molecule has 2 aromatic carbocycles. The molecule has 2 saturated heterocycles. The molecular formula is C32H34ClN5O3. The highest BCUT2D eigenvalue weighted by molar-refractivity contribution is 6.30. The summed E-state index contributed by atoms with van der Waals surface area (Å²) in [6.07, 6.45) is 4.78. The maximum absolute atomic E-state index is 12.9. The van der Waals surface area contributed by atoms with Crippen molar-refractivity contribution in [2.45, 2.75) is 51.7 Å². The van der Waals surface area contributed by atoms with Crippen LogP contribution in [0.5, 0.6) is 0 Å². The maximum atomic E-state index is 12.9. The highest BCUT2D eigenvalue weighted by Crippen LogP contribution is 2.30. The molecule has 41 heavy (non-hydrogen) atoms. The molecule has 3 aliphatic heterocycles. The highest BCUT2D eigenvalue weighted by Gasteiger charge is 2.39. The van der Waals surface area contributed by atoms with Gasteiger partial charge >= 0.3 is 0 Å². The number of nitrogens with one attached hydrogen (secondary N) is 2. The molecule has 1 atom stereocenters. The number of fused-ring (bicyclic) bond motifs is 1. The zero-order valence-corrected chi connectivity index (χ0v) is 23.9. The first-order valence-corrected chi connectivity index (χ1v) is 14.7. The molecule has 3 aromatic rings. The minimum absolute atomic E-state index is 0.135. The standard InChI is InChI=1S/C32H34ClN5O3/c1-20-13-24(23-3-2-4-26(33)15-23)18-35-30(20)37-11-9-21(10-12-37)16-34-17-22-5-6-27-25(14-22)19-38(32(27)41)28-7-8-29(39)36-31(28)40/h2-6,13-15,18,21,28,34H,7-12,16-17,19H2,1H3,(H,36,39,40). The number of carbonyl (C=O) groups excluding carboxylic acids is 3. The van der Waals surface area contributed by atoms with Crippen molar-refractivity contribution in [3.63, 3.8) is 0 Å². The van der Waals surface area contributed by atoms with Crippen molar-refractivity contribution in [1.82, 2.24) is 20.5 Å². The number of amides is 3. The number of piperidine rings is 2. The Balaban J connectivity index is 0.989. The molecular weight excluding hydrogens is 538 g/mol. The summed E-state index contributed by atoms with van der Waals surface area (Å²) in [5.74, 6) is 0.864. The lowest BCUT2D eigenvalue weighted by molar-refractivity contribution is -0.136. The van der Waals surface area contributed by atoms with Crippen LogP contribution in [0.4, 0.5) is 5.82 Å². The lowest BCUT2D eigenvalue weighted by atomic mass is 9.96. The molecule has 4 heterocycles. The summed E-state index contributed by atoms with van der Waals surface area (Å²) in [6.45, 7) is 6.15. The molecule has 0 saturated carbocycles. The molecule has 6 rings (SSSR count). The Morgan fingerprint density at radius 3 is 2.61 bits per heavy atom. The average Bonchev–Trinajstić information content (AvgIpc) is 3.28. The summed E-state index contributed by atoms with van der Waals surface area (Å²) < 4.78 is 0. The number of rotatable bonds is 7. The summed E-state index contributed by atoms with van der Waals surface area (Å²) in [6, 6.07) is 15.4. The van der Waals surface area contributed by atoms with E-state index < -0.39 is 6.04 Å². The van der Waals surface area contributed by atoms with Crippen molar-refractivity contribution in [3.8, 4) is 11.1 Å². The number of hydrogen-bond acceptors (Lipinski definition) is 6. The molecule has 0 bridgehead atoms. The van der Waals surface area contributed by atoms with Crippen molar-refractivity contribution < 1.29 is 14.4 Å². The van der Waals surface area contributed by atoms with Gasteiger partial charge in [-0.3, -0.25) is 19.7 Å². The molecule has 9 heteroatoms. The van der Waals surface area contributed by atoms with E-state index in [4.69, 9.17) is 16.6 Å². The fraction of sp³-hybridized carbons (Fsp3) is 0.375. The quantitative estimate of drug-likeness (QED) is 0.406. The third-order valence-corrected chi connectivity index (χ3v) is 8.71. The van der Waals surface area contributed by atoms with E-state index in [9.17, 15) is 14.4 Å². The Hall–Kier alpha value is -3.75. The van der Waals surface area contributed by atoms with Gasteiger partial charge in [0.1, 0.15) is 11.9 Å². The zero-order chi connectivity index (χ0) is 28.5. The smallest absolute Gasteiger partial charge is 0.255 e. The van der Waals surface area contributed by atoms with Gasteiger partial charge in [0, 0.05) is 54.9 Å². The summed E-state index contributed by atoms with van der Waals surface area (Å²) in [5.41, 5.74) is 6.04. The van der Waals surface area contributed by atoms with E-state index in [1.165, 1.54) is 5.56 Å². The van der Waals surface area contributed by atoms with Crippen LogP contribution in [0.2, 0.25) is 5.02 Å². The number of imide groups is 1. The molecule has 2 N–H and O–H groups in total. The van der Waals surface area contributed by atoms with Gasteiger partial charge in [-0.25, -0.2) is 4.98 Å². The van der Waals surface area contributed by atoms with Gasteiger partial charge in [-0.15, -0.1) is 0 Å². The van der Waals surface area contributed by atoms with Crippen LogP contribution in [0.3, 0.4) is 0 Å². The van der Waals surface area contributed by atoms with E-state index in [0.29, 0.717) is 24.4 Å². The Morgan fingerprint density at radius 1 is 1.02 bits per heavy atom. The number of aromatic nitrogens is 1. The van der Waals surface area contributed by atoms with Gasteiger partial charge < -0.3 is 15.1 Å². The number of benzene rings is 2. The molecule has 3 amide bonds. The third kappa shape index (κ3) is 5.85. The van der Waals surface area contributed by atoms with E-state index in [-0.39, 0.29) is 24.1 Å². The van der Waals surface area contributed by atoms with Crippen LogP contribution in [-0.2, 0) is 22.7 Å². The summed E-state index contributed by atoms with van der Waals surface area (Å²) in [4.78, 5) is 45.5. The Labute approximate surface area is 245 Å². The molecule has 0 aliphatic carbocycles. The van der Waals surface area contributed by atoms with Crippen molar-refractivity contribution in [2.24, 2.45) is 5.92 Å². The van der Waals surface area contributed by atoms with Crippen LogP contribution < -0.4 is 15.5 Å². The van der Waals surface area contributed by atoms with Crippen molar-refractivity contribution in [2.75, 3.05) is 24.5 Å². The number of pyridine rings is 1. The van der Waals surface area contributed by atoms with Gasteiger partial charge in [0.05, 0.1) is 0 Å². The first kappa shape index (κ1) is 27.4. The number of nitrogens with zero attached hydrogens (tertiary/aromatic N) is 3. The molecule has 1 unspecified atom stereocenters. The van der Waals surface area contributed by atoms with E-state index in [2.05, 4.69) is 40.7 Å². The minimum atomic E-state index is -0.583. The average molecular weight is 572 g/mol. The first-order valence-electron chi connectivity index (χ1n) is 14.3. The Kier molecular flexibility index (Phi) is 7.77. The van der Waals surface area contributed by atoms with Gasteiger partial charge in [-0.05, 0) is 85.2 Å². The third-order valence-electron chi connectivity index (χ3n) is 8.47. The molecule has 212 valence electrons. The van der Waals surface area contributed by atoms with Gasteiger partial charge in [-0.2, -0.15) is 0 Å². The van der Waals surface area contributed by atoms with Crippen LogP contribution in [0.1, 0.15) is 52.7 Å². The van der Waals surface area contributed by atoms with Gasteiger partial charge in [0.15, 0.2) is 0 Å². The maximum Gasteiger partial charge on any atom is 0.255 e. The largest absolute Gasteiger partial charge is 0.356 e. The first-order chi connectivity index (χ1) is 19.9. The highest BCUT2D eigenvalue weighted by atomic mass is 35.5. The normalized spacial score (nSPS) is 19.5. The zero-order valence-electron chi connectivity index (χ0n) is 23.2. The second-order valence-electron chi connectivity index (χ2n) is 11.3. The summed E-state index contributed by atoms with van der Waals surface area (Å²) >= 11 is 6.17. The predicted molar refractivity (Wildman–Crippen MR) is 159 cm³/mol. The van der Waals surface area contributed by atoms with E-state index in [1.807, 2.05) is 36.5 Å². The fourth-order valence-corrected chi connectivity index (χ4v) is 6.42. The molecule has 3 aliphatic rings. The topological polar surface area (TPSA) is 94.6 Å². The second kappa shape index (κ2) is 11.6. The van der Waals surface area contributed by atoms with Gasteiger partial charge in [-0.1, -0.05) is 35.9 Å². The van der Waals surface area contributed by atoms with E-state index in [0.717, 1.165) is 72.1 Å². The van der Waals surface area contributed by atoms with E-state index in [1.54, 1.807) is 4.90 Å². The van der Waals surface area contributed by atoms with Crippen molar-refractivity contribution in [1.29, 1.82) is 0 Å². The van der Waals surface area contributed by atoms with Crippen LogP contribution in [0.15, 0.2) is 54.7 Å².